The van der Waals surface area contributed by atoms with Crippen molar-refractivity contribution in [3.63, 3.8) is 0 Å². The monoisotopic (exact) mass is 371 g/mol. The second-order valence-electron chi connectivity index (χ2n) is 4.26. The van der Waals surface area contributed by atoms with Gasteiger partial charge in [-0.25, -0.2) is 8.42 Å². The van der Waals surface area contributed by atoms with Gasteiger partial charge >= 0.3 is 0 Å². The molecule has 7 heteroatoms. The maximum absolute atomic E-state index is 12.4. The van der Waals surface area contributed by atoms with Crippen molar-refractivity contribution in [1.29, 1.82) is 0 Å². The number of benzene rings is 2. The van der Waals surface area contributed by atoms with Gasteiger partial charge in [-0.2, -0.15) is 0 Å². The van der Waals surface area contributed by atoms with Crippen LogP contribution in [0.2, 0.25) is 0 Å². The standard InChI is InChI=1S/C14H14BrNO4S/c1-20-14-6-5-11(15)8-13(14)16-21(18,19)12-4-2-3-10(7-12)9-17/h2-8,16-17H,9H2,1H3. The minimum atomic E-state index is -3.76. The van der Waals surface area contributed by atoms with E-state index in [9.17, 15) is 8.42 Å². The highest BCUT2D eigenvalue weighted by molar-refractivity contribution is 9.10. The highest BCUT2D eigenvalue weighted by Crippen LogP contribution is 2.30. The molecular weight excluding hydrogens is 358 g/mol. The molecule has 0 saturated heterocycles. The molecule has 0 radical (unpaired) electrons. The first-order valence-electron chi connectivity index (χ1n) is 6.02. The van der Waals surface area contributed by atoms with Crippen LogP contribution in [0.3, 0.4) is 0 Å². The molecule has 0 amide bonds. The van der Waals surface area contributed by atoms with E-state index in [0.29, 0.717) is 17.0 Å². The molecule has 2 N–H and O–H groups in total. The molecule has 0 spiro atoms. The van der Waals surface area contributed by atoms with Gasteiger partial charge in [-0.05, 0) is 35.9 Å². The number of nitrogens with one attached hydrogen (secondary N) is 1. The number of hydrogen-bond donors (Lipinski definition) is 2. The van der Waals surface area contributed by atoms with Gasteiger partial charge in [0.05, 0.1) is 24.3 Å². The highest BCUT2D eigenvalue weighted by atomic mass is 79.9. The molecule has 112 valence electrons. The fourth-order valence-corrected chi connectivity index (χ4v) is 3.27. The SMILES string of the molecule is COc1ccc(Br)cc1NS(=O)(=O)c1cccc(CO)c1. The fourth-order valence-electron chi connectivity index (χ4n) is 1.77. The van der Waals surface area contributed by atoms with Crippen molar-refractivity contribution in [3.8, 4) is 5.75 Å². The number of methoxy groups -OCH3 is 1. The van der Waals surface area contributed by atoms with Crippen molar-refractivity contribution in [2.24, 2.45) is 0 Å². The Bertz CT molecular complexity index is 746. The molecule has 0 bridgehead atoms. The van der Waals surface area contributed by atoms with Crippen molar-refractivity contribution >= 4 is 31.6 Å². The van der Waals surface area contributed by atoms with Gasteiger partial charge in [0.15, 0.2) is 0 Å². The molecule has 2 aromatic rings. The van der Waals surface area contributed by atoms with Crippen LogP contribution in [0.4, 0.5) is 5.69 Å². The first-order valence-corrected chi connectivity index (χ1v) is 8.30. The molecule has 0 heterocycles. The number of rotatable bonds is 5. The van der Waals surface area contributed by atoms with E-state index in [4.69, 9.17) is 9.84 Å². The summed E-state index contributed by atoms with van der Waals surface area (Å²) in [6, 6.07) is 11.1. The zero-order valence-corrected chi connectivity index (χ0v) is 13.6. The summed E-state index contributed by atoms with van der Waals surface area (Å²) in [5, 5.41) is 9.09. The van der Waals surface area contributed by atoms with Gasteiger partial charge in [-0.15, -0.1) is 0 Å². The van der Waals surface area contributed by atoms with Crippen molar-refractivity contribution in [2.75, 3.05) is 11.8 Å². The molecule has 0 unspecified atom stereocenters. The summed E-state index contributed by atoms with van der Waals surface area (Å²) >= 11 is 3.29. The molecule has 5 nitrogen and oxygen atoms in total. The average Bonchev–Trinajstić information content (AvgIpc) is 2.47. The predicted molar refractivity (Wildman–Crippen MR) is 83.9 cm³/mol. The third kappa shape index (κ3) is 3.75. The van der Waals surface area contributed by atoms with E-state index in [-0.39, 0.29) is 11.5 Å². The van der Waals surface area contributed by atoms with Crippen molar-refractivity contribution in [3.05, 3.63) is 52.5 Å². The molecule has 0 fully saturated rings. The largest absolute Gasteiger partial charge is 0.495 e. The molecule has 0 aromatic heterocycles. The van der Waals surface area contributed by atoms with Crippen LogP contribution in [-0.4, -0.2) is 20.6 Å². The number of hydrogen-bond acceptors (Lipinski definition) is 4. The minimum Gasteiger partial charge on any atom is -0.495 e. The number of aliphatic hydroxyl groups excluding tert-OH is 1. The summed E-state index contributed by atoms with van der Waals surface area (Å²) in [5.41, 5.74) is 0.861. The third-order valence-corrected chi connectivity index (χ3v) is 4.65. The second-order valence-corrected chi connectivity index (χ2v) is 6.85. The topological polar surface area (TPSA) is 75.6 Å². The van der Waals surface area contributed by atoms with Crippen LogP contribution in [0.5, 0.6) is 5.75 Å². The highest BCUT2D eigenvalue weighted by Gasteiger charge is 2.17. The van der Waals surface area contributed by atoms with Gasteiger partial charge < -0.3 is 9.84 Å². The fraction of sp³-hybridized carbons (Fsp3) is 0.143. The molecule has 2 rings (SSSR count). The lowest BCUT2D eigenvalue weighted by Crippen LogP contribution is -2.14. The van der Waals surface area contributed by atoms with Crippen LogP contribution in [0.15, 0.2) is 51.8 Å². The van der Waals surface area contributed by atoms with Gasteiger partial charge in [-0.1, -0.05) is 28.1 Å². The third-order valence-electron chi connectivity index (χ3n) is 2.80. The van der Waals surface area contributed by atoms with Crippen LogP contribution < -0.4 is 9.46 Å². The van der Waals surface area contributed by atoms with E-state index in [1.54, 1.807) is 30.3 Å². The molecule has 0 atom stereocenters. The van der Waals surface area contributed by atoms with E-state index < -0.39 is 10.0 Å². The first-order chi connectivity index (χ1) is 9.96. The Balaban J connectivity index is 2.39. The molecule has 0 aliphatic heterocycles. The average molecular weight is 372 g/mol. The molecule has 0 saturated carbocycles. The Labute approximate surface area is 131 Å². The number of halogens is 1. The van der Waals surface area contributed by atoms with Crippen LogP contribution in [0, 0.1) is 0 Å². The lowest BCUT2D eigenvalue weighted by molar-refractivity contribution is 0.281. The van der Waals surface area contributed by atoms with Gasteiger partial charge in [0.2, 0.25) is 0 Å². The number of aliphatic hydroxyl groups is 1. The van der Waals surface area contributed by atoms with Gasteiger partial charge in [0.25, 0.3) is 10.0 Å². The van der Waals surface area contributed by atoms with Crippen LogP contribution in [-0.2, 0) is 16.6 Å². The normalized spacial score (nSPS) is 11.2. The summed E-state index contributed by atoms with van der Waals surface area (Å²) in [7, 11) is -2.29. The van der Waals surface area contributed by atoms with E-state index in [0.717, 1.165) is 4.47 Å². The van der Waals surface area contributed by atoms with Crippen LogP contribution in [0.25, 0.3) is 0 Å². The molecule has 21 heavy (non-hydrogen) atoms. The zero-order chi connectivity index (χ0) is 15.5. The Kier molecular flexibility index (Phi) is 4.87. The summed E-state index contributed by atoms with van der Waals surface area (Å²) < 4.78 is 33.1. The maximum Gasteiger partial charge on any atom is 0.262 e. The van der Waals surface area contributed by atoms with Crippen molar-refractivity contribution < 1.29 is 18.3 Å². The summed E-state index contributed by atoms with van der Waals surface area (Å²) in [6.45, 7) is -0.219. The van der Waals surface area contributed by atoms with E-state index in [1.165, 1.54) is 19.2 Å². The Morgan fingerprint density at radius 3 is 2.67 bits per heavy atom. The predicted octanol–water partition coefficient (Wildman–Crippen LogP) is 2.75. The lowest BCUT2D eigenvalue weighted by Gasteiger charge is -2.12. The van der Waals surface area contributed by atoms with Crippen molar-refractivity contribution in [2.45, 2.75) is 11.5 Å². The second kappa shape index (κ2) is 6.46. The molecular formula is C14H14BrNO4S. The van der Waals surface area contributed by atoms with E-state index in [1.807, 2.05) is 0 Å². The van der Waals surface area contributed by atoms with E-state index >= 15 is 0 Å². The Morgan fingerprint density at radius 2 is 2.00 bits per heavy atom. The first kappa shape index (κ1) is 15.8. The van der Waals surface area contributed by atoms with Gasteiger partial charge in [0.1, 0.15) is 5.75 Å². The minimum absolute atomic E-state index is 0.0797. The quantitative estimate of drug-likeness (QED) is 0.846. The number of ether oxygens (including phenoxy) is 1. The number of anilines is 1. The molecule has 0 aliphatic rings. The Morgan fingerprint density at radius 1 is 1.24 bits per heavy atom. The van der Waals surface area contributed by atoms with Crippen molar-refractivity contribution in [1.82, 2.24) is 0 Å². The summed E-state index contributed by atoms with van der Waals surface area (Å²) in [6.07, 6.45) is 0. The summed E-state index contributed by atoms with van der Waals surface area (Å²) in [4.78, 5) is 0.0797. The maximum atomic E-state index is 12.4. The molecule has 0 aliphatic carbocycles. The van der Waals surface area contributed by atoms with E-state index in [2.05, 4.69) is 20.7 Å². The smallest absolute Gasteiger partial charge is 0.262 e. The van der Waals surface area contributed by atoms with Gasteiger partial charge in [-0.3, -0.25) is 4.72 Å². The lowest BCUT2D eigenvalue weighted by atomic mass is 10.2. The van der Waals surface area contributed by atoms with Gasteiger partial charge in [0, 0.05) is 4.47 Å². The van der Waals surface area contributed by atoms with Crippen LogP contribution in [0.1, 0.15) is 5.56 Å². The van der Waals surface area contributed by atoms with Crippen LogP contribution >= 0.6 is 15.9 Å². The molecule has 2 aromatic carbocycles. The zero-order valence-electron chi connectivity index (χ0n) is 11.2. The summed E-state index contributed by atoms with van der Waals surface area (Å²) in [5.74, 6) is 0.417. The number of sulfonamides is 1. The Hall–Kier alpha value is -1.57.